The summed E-state index contributed by atoms with van der Waals surface area (Å²) in [5.74, 6) is 0.878. The summed E-state index contributed by atoms with van der Waals surface area (Å²) in [4.78, 5) is 4.91. The molecule has 2 atom stereocenters. The van der Waals surface area contributed by atoms with Crippen LogP contribution in [-0.2, 0) is 0 Å². The average molecular weight is 198 g/mol. The Bertz CT molecular complexity index is 188. The van der Waals surface area contributed by atoms with Gasteiger partial charge in [-0.1, -0.05) is 0 Å². The van der Waals surface area contributed by atoms with E-state index in [1.807, 2.05) is 6.92 Å². The highest BCUT2D eigenvalue weighted by molar-refractivity contribution is 4.91. The van der Waals surface area contributed by atoms with Gasteiger partial charge in [-0.3, -0.25) is 4.90 Å². The normalized spacial score (nSPS) is 39.0. The van der Waals surface area contributed by atoms with E-state index in [4.69, 9.17) is 0 Å². The van der Waals surface area contributed by atoms with Crippen molar-refractivity contribution in [2.75, 3.05) is 33.2 Å². The van der Waals surface area contributed by atoms with E-state index in [0.717, 1.165) is 12.5 Å². The number of aliphatic hydroxyl groups excluding tert-OH is 1. The van der Waals surface area contributed by atoms with Crippen molar-refractivity contribution in [1.82, 2.24) is 9.80 Å². The lowest BCUT2D eigenvalue weighted by Crippen LogP contribution is -2.57. The van der Waals surface area contributed by atoms with E-state index in [0.29, 0.717) is 6.04 Å². The fourth-order valence-corrected chi connectivity index (χ4v) is 2.99. The van der Waals surface area contributed by atoms with Gasteiger partial charge in [-0.05, 0) is 45.8 Å². The van der Waals surface area contributed by atoms with Crippen LogP contribution in [0.3, 0.4) is 0 Å². The highest BCUT2D eigenvalue weighted by atomic mass is 16.3. The first-order valence-electron chi connectivity index (χ1n) is 5.77. The lowest BCUT2D eigenvalue weighted by molar-refractivity contribution is 0.00137. The minimum atomic E-state index is -0.199. The molecule has 0 aromatic carbocycles. The maximum Gasteiger partial charge on any atom is 0.0639 e. The lowest BCUT2D eigenvalue weighted by Gasteiger charge is -2.48. The van der Waals surface area contributed by atoms with Crippen LogP contribution in [-0.4, -0.2) is 60.3 Å². The molecule has 3 aliphatic heterocycles. The van der Waals surface area contributed by atoms with E-state index in [1.54, 1.807) is 0 Å². The van der Waals surface area contributed by atoms with E-state index in [9.17, 15) is 5.11 Å². The third-order valence-electron chi connectivity index (χ3n) is 3.74. The minimum Gasteiger partial charge on any atom is -0.392 e. The summed E-state index contributed by atoms with van der Waals surface area (Å²) in [7, 11) is 2.15. The van der Waals surface area contributed by atoms with Crippen molar-refractivity contribution in [2.24, 2.45) is 5.92 Å². The molecule has 0 saturated carbocycles. The molecule has 1 N–H and O–H groups in total. The number of likely N-dealkylation sites (N-methyl/N-ethyl adjacent to an activating group) is 1. The van der Waals surface area contributed by atoms with Crippen LogP contribution in [0.25, 0.3) is 0 Å². The van der Waals surface area contributed by atoms with Crippen molar-refractivity contribution in [3.8, 4) is 0 Å². The molecule has 3 rings (SSSR count). The third kappa shape index (κ3) is 2.10. The Morgan fingerprint density at radius 3 is 2.50 bits per heavy atom. The zero-order valence-corrected chi connectivity index (χ0v) is 9.32. The highest BCUT2D eigenvalue weighted by Crippen LogP contribution is 2.30. The van der Waals surface area contributed by atoms with Crippen molar-refractivity contribution >= 4 is 0 Å². The molecule has 0 aromatic heterocycles. The van der Waals surface area contributed by atoms with Crippen LogP contribution in [0, 0.1) is 5.92 Å². The van der Waals surface area contributed by atoms with Gasteiger partial charge in [0, 0.05) is 19.1 Å². The van der Waals surface area contributed by atoms with Crippen LogP contribution in [0.2, 0.25) is 0 Å². The van der Waals surface area contributed by atoms with Gasteiger partial charge >= 0.3 is 0 Å². The molecular weight excluding hydrogens is 176 g/mol. The largest absolute Gasteiger partial charge is 0.392 e. The molecule has 3 saturated heterocycles. The van der Waals surface area contributed by atoms with Crippen LogP contribution in [0.4, 0.5) is 0 Å². The molecule has 1 unspecified atom stereocenters. The number of hydrogen-bond acceptors (Lipinski definition) is 3. The van der Waals surface area contributed by atoms with Crippen molar-refractivity contribution in [3.05, 3.63) is 0 Å². The quantitative estimate of drug-likeness (QED) is 0.711. The highest BCUT2D eigenvalue weighted by Gasteiger charge is 2.36. The Balaban J connectivity index is 1.91. The molecule has 0 spiro atoms. The zero-order chi connectivity index (χ0) is 10.1. The molecule has 14 heavy (non-hydrogen) atoms. The number of piperidine rings is 3. The van der Waals surface area contributed by atoms with Crippen LogP contribution in [0.15, 0.2) is 0 Å². The van der Waals surface area contributed by atoms with Crippen molar-refractivity contribution in [3.63, 3.8) is 0 Å². The monoisotopic (exact) mass is 198 g/mol. The first-order valence-corrected chi connectivity index (χ1v) is 5.77. The van der Waals surface area contributed by atoms with Gasteiger partial charge in [0.15, 0.2) is 0 Å². The van der Waals surface area contributed by atoms with Gasteiger partial charge in [0.05, 0.1) is 6.10 Å². The first kappa shape index (κ1) is 10.4. The van der Waals surface area contributed by atoms with E-state index in [2.05, 4.69) is 16.8 Å². The molecule has 2 bridgehead atoms. The predicted molar refractivity (Wildman–Crippen MR) is 57.3 cm³/mol. The molecule has 3 heterocycles. The van der Waals surface area contributed by atoms with Gasteiger partial charge in [0.25, 0.3) is 0 Å². The SMILES string of the molecule is C[C@@H](O)CN(C)C1CN2CCC1CC2. The molecular formula is C11H22N2O. The molecule has 3 fully saturated rings. The maximum atomic E-state index is 9.37. The van der Waals surface area contributed by atoms with Crippen LogP contribution in [0.1, 0.15) is 19.8 Å². The molecule has 0 radical (unpaired) electrons. The van der Waals surface area contributed by atoms with Gasteiger partial charge in [0.2, 0.25) is 0 Å². The number of nitrogens with zero attached hydrogens (tertiary/aromatic N) is 2. The summed E-state index contributed by atoms with van der Waals surface area (Å²) in [5, 5.41) is 9.37. The smallest absolute Gasteiger partial charge is 0.0639 e. The molecule has 3 aliphatic rings. The fraction of sp³-hybridized carbons (Fsp3) is 1.00. The number of hydrogen-bond donors (Lipinski definition) is 1. The van der Waals surface area contributed by atoms with Gasteiger partial charge in [-0.15, -0.1) is 0 Å². The van der Waals surface area contributed by atoms with Gasteiger partial charge in [-0.25, -0.2) is 0 Å². The van der Waals surface area contributed by atoms with E-state index in [-0.39, 0.29) is 6.10 Å². The van der Waals surface area contributed by atoms with Gasteiger partial charge < -0.3 is 10.0 Å². The van der Waals surface area contributed by atoms with E-state index < -0.39 is 0 Å². The van der Waals surface area contributed by atoms with E-state index in [1.165, 1.54) is 32.5 Å². The zero-order valence-electron chi connectivity index (χ0n) is 9.32. The van der Waals surface area contributed by atoms with Crippen LogP contribution < -0.4 is 0 Å². The average Bonchev–Trinajstić information content (AvgIpc) is 2.18. The Morgan fingerprint density at radius 2 is 2.07 bits per heavy atom. The molecule has 0 aromatic rings. The van der Waals surface area contributed by atoms with Gasteiger partial charge in [-0.2, -0.15) is 0 Å². The topological polar surface area (TPSA) is 26.7 Å². The number of fused-ring (bicyclic) bond motifs is 3. The Kier molecular flexibility index (Phi) is 3.10. The second kappa shape index (κ2) is 4.17. The standard InChI is InChI=1S/C11H22N2O/c1-9(14)7-12(2)11-8-13-5-3-10(11)4-6-13/h9-11,14H,3-8H2,1-2H3/t9-,11?/m1/s1. The number of aliphatic hydroxyl groups is 1. The first-order chi connectivity index (χ1) is 6.66. The maximum absolute atomic E-state index is 9.37. The Labute approximate surface area is 86.7 Å². The number of rotatable bonds is 3. The van der Waals surface area contributed by atoms with Gasteiger partial charge in [0.1, 0.15) is 0 Å². The molecule has 82 valence electrons. The lowest BCUT2D eigenvalue weighted by atomic mass is 9.83. The molecule has 3 nitrogen and oxygen atoms in total. The van der Waals surface area contributed by atoms with E-state index >= 15 is 0 Å². The Morgan fingerprint density at radius 1 is 1.43 bits per heavy atom. The van der Waals surface area contributed by atoms with Crippen LogP contribution in [0.5, 0.6) is 0 Å². The molecule has 0 aliphatic carbocycles. The summed E-state index contributed by atoms with van der Waals surface area (Å²) in [5.41, 5.74) is 0. The molecule has 3 heteroatoms. The van der Waals surface area contributed by atoms with Crippen molar-refractivity contribution in [1.29, 1.82) is 0 Å². The predicted octanol–water partition coefficient (Wildman–Crippen LogP) is 0.393. The summed E-state index contributed by atoms with van der Waals surface area (Å²) >= 11 is 0. The second-order valence-corrected chi connectivity index (χ2v) is 4.99. The van der Waals surface area contributed by atoms with Crippen molar-refractivity contribution < 1.29 is 5.11 Å². The fourth-order valence-electron chi connectivity index (χ4n) is 2.99. The van der Waals surface area contributed by atoms with Crippen molar-refractivity contribution in [2.45, 2.75) is 31.9 Å². The third-order valence-corrected chi connectivity index (χ3v) is 3.74. The van der Waals surface area contributed by atoms with Crippen LogP contribution >= 0.6 is 0 Å². The summed E-state index contributed by atoms with van der Waals surface area (Å²) in [6.45, 7) is 6.49. The Hall–Kier alpha value is -0.120. The minimum absolute atomic E-state index is 0.199. The summed E-state index contributed by atoms with van der Waals surface area (Å²) in [6, 6.07) is 0.687. The molecule has 0 amide bonds. The second-order valence-electron chi connectivity index (χ2n) is 4.99. The summed E-state index contributed by atoms with van der Waals surface area (Å²) in [6.07, 6.45) is 2.51. The summed E-state index contributed by atoms with van der Waals surface area (Å²) < 4.78 is 0.